The molecule has 0 spiro atoms. The number of aryl methyl sites for hydroxylation is 1. The largest absolute Gasteiger partial charge is 0.331 e. The number of amides is 2. The molecule has 0 aliphatic carbocycles. The molecule has 0 unspecified atom stereocenters. The zero-order valence-corrected chi connectivity index (χ0v) is 12.3. The van der Waals surface area contributed by atoms with Gasteiger partial charge in [0.2, 0.25) is 0 Å². The predicted octanol–water partition coefficient (Wildman–Crippen LogP) is 1.70. The Morgan fingerprint density at radius 2 is 2.25 bits per heavy atom. The van der Waals surface area contributed by atoms with Crippen LogP contribution in [0.25, 0.3) is 0 Å². The molecular formula is C14H23N5O. The molecule has 110 valence electrons. The van der Waals surface area contributed by atoms with Gasteiger partial charge in [0.05, 0.1) is 6.54 Å². The van der Waals surface area contributed by atoms with E-state index >= 15 is 0 Å². The van der Waals surface area contributed by atoms with Gasteiger partial charge < -0.3 is 14.8 Å². The Labute approximate surface area is 119 Å². The van der Waals surface area contributed by atoms with E-state index in [9.17, 15) is 4.79 Å². The second kappa shape index (κ2) is 5.42. The van der Waals surface area contributed by atoms with Crippen molar-refractivity contribution in [2.24, 2.45) is 0 Å². The van der Waals surface area contributed by atoms with E-state index in [1.54, 1.807) is 0 Å². The first-order valence-electron chi connectivity index (χ1n) is 7.67. The highest BCUT2D eigenvalue weighted by atomic mass is 16.2. The van der Waals surface area contributed by atoms with Gasteiger partial charge >= 0.3 is 6.03 Å². The standard InChI is InChI=1S/C14H23N5O/c1-3-11-7-6-10(2)19(11)14(20)15-9-13-17-16-12-5-4-8-18(12)13/h10-11H,3-9H2,1-2H3,(H,15,20)/t10-,11+/m1/s1. The summed E-state index contributed by atoms with van der Waals surface area (Å²) in [5.41, 5.74) is 0. The third-order valence-corrected chi connectivity index (χ3v) is 4.58. The van der Waals surface area contributed by atoms with E-state index in [0.29, 0.717) is 18.6 Å². The fourth-order valence-electron chi connectivity index (χ4n) is 3.43. The minimum Gasteiger partial charge on any atom is -0.331 e. The first-order chi connectivity index (χ1) is 9.70. The number of urea groups is 1. The van der Waals surface area contributed by atoms with Crippen molar-refractivity contribution in [2.45, 2.75) is 71.1 Å². The van der Waals surface area contributed by atoms with Crippen LogP contribution < -0.4 is 5.32 Å². The summed E-state index contributed by atoms with van der Waals surface area (Å²) in [5.74, 6) is 1.93. The number of fused-ring (bicyclic) bond motifs is 1. The van der Waals surface area contributed by atoms with Crippen LogP contribution in [0.4, 0.5) is 4.79 Å². The molecule has 0 aromatic carbocycles. The molecule has 2 aliphatic rings. The monoisotopic (exact) mass is 277 g/mol. The maximum Gasteiger partial charge on any atom is 0.318 e. The number of hydrogen-bond acceptors (Lipinski definition) is 3. The lowest BCUT2D eigenvalue weighted by Gasteiger charge is -2.28. The Kier molecular flexibility index (Phi) is 3.63. The Balaban J connectivity index is 1.61. The van der Waals surface area contributed by atoms with Crippen molar-refractivity contribution in [3.63, 3.8) is 0 Å². The van der Waals surface area contributed by atoms with Gasteiger partial charge in [0.15, 0.2) is 5.82 Å². The van der Waals surface area contributed by atoms with Crippen LogP contribution in [0.3, 0.4) is 0 Å². The van der Waals surface area contributed by atoms with E-state index in [1.165, 1.54) is 0 Å². The second-order valence-corrected chi connectivity index (χ2v) is 5.84. The van der Waals surface area contributed by atoms with Crippen molar-refractivity contribution in [3.05, 3.63) is 11.6 Å². The number of aromatic nitrogens is 3. The van der Waals surface area contributed by atoms with Crippen molar-refractivity contribution in [2.75, 3.05) is 0 Å². The normalized spacial score (nSPS) is 25.0. The van der Waals surface area contributed by atoms with E-state index in [1.807, 2.05) is 4.90 Å². The molecule has 6 nitrogen and oxygen atoms in total. The molecule has 2 aliphatic heterocycles. The number of rotatable bonds is 3. The van der Waals surface area contributed by atoms with Crippen molar-refractivity contribution in [1.29, 1.82) is 0 Å². The fraction of sp³-hybridized carbons (Fsp3) is 0.786. The van der Waals surface area contributed by atoms with Gasteiger partial charge in [-0.15, -0.1) is 10.2 Å². The molecule has 2 amide bonds. The molecule has 3 heterocycles. The number of carbonyl (C=O) groups excluding carboxylic acids is 1. The van der Waals surface area contributed by atoms with Crippen molar-refractivity contribution in [3.8, 4) is 0 Å². The van der Waals surface area contributed by atoms with Gasteiger partial charge in [-0.1, -0.05) is 6.92 Å². The van der Waals surface area contributed by atoms with Gasteiger partial charge in [-0.3, -0.25) is 0 Å². The summed E-state index contributed by atoms with van der Waals surface area (Å²) in [7, 11) is 0. The molecule has 20 heavy (non-hydrogen) atoms. The average Bonchev–Trinajstić information content (AvgIpc) is 3.11. The molecule has 1 fully saturated rings. The molecule has 1 N–H and O–H groups in total. The summed E-state index contributed by atoms with van der Waals surface area (Å²) in [6.45, 7) is 5.73. The fourth-order valence-corrected chi connectivity index (χ4v) is 3.43. The van der Waals surface area contributed by atoms with Crippen LogP contribution in [-0.2, 0) is 19.5 Å². The van der Waals surface area contributed by atoms with Gasteiger partial charge in [0.1, 0.15) is 5.82 Å². The van der Waals surface area contributed by atoms with Gasteiger partial charge in [0, 0.05) is 25.0 Å². The first-order valence-corrected chi connectivity index (χ1v) is 7.67. The molecule has 0 bridgehead atoms. The summed E-state index contributed by atoms with van der Waals surface area (Å²) < 4.78 is 2.13. The van der Waals surface area contributed by atoms with Gasteiger partial charge in [0.25, 0.3) is 0 Å². The molecule has 6 heteroatoms. The summed E-state index contributed by atoms with van der Waals surface area (Å²) in [4.78, 5) is 14.4. The number of likely N-dealkylation sites (tertiary alicyclic amines) is 1. The highest BCUT2D eigenvalue weighted by Gasteiger charge is 2.33. The lowest BCUT2D eigenvalue weighted by Crippen LogP contribution is -2.45. The topological polar surface area (TPSA) is 63.1 Å². The van der Waals surface area contributed by atoms with Crippen LogP contribution in [0.15, 0.2) is 0 Å². The summed E-state index contributed by atoms with van der Waals surface area (Å²) in [6.07, 6.45) is 5.38. The smallest absolute Gasteiger partial charge is 0.318 e. The van der Waals surface area contributed by atoms with Crippen LogP contribution in [0.5, 0.6) is 0 Å². The van der Waals surface area contributed by atoms with Gasteiger partial charge in [-0.25, -0.2) is 4.79 Å². The summed E-state index contributed by atoms with van der Waals surface area (Å²) in [6, 6.07) is 0.760. The minimum absolute atomic E-state index is 0.0391. The van der Waals surface area contributed by atoms with E-state index in [-0.39, 0.29) is 6.03 Å². The molecular weight excluding hydrogens is 254 g/mol. The molecule has 1 aromatic heterocycles. The number of nitrogens with zero attached hydrogens (tertiary/aromatic N) is 4. The molecule has 0 saturated carbocycles. The van der Waals surface area contributed by atoms with E-state index in [4.69, 9.17) is 0 Å². The van der Waals surface area contributed by atoms with E-state index in [0.717, 1.165) is 50.3 Å². The maximum absolute atomic E-state index is 12.4. The molecule has 1 aromatic rings. The van der Waals surface area contributed by atoms with Crippen molar-refractivity contribution in [1.82, 2.24) is 25.0 Å². The van der Waals surface area contributed by atoms with Gasteiger partial charge in [-0.2, -0.15) is 0 Å². The quantitative estimate of drug-likeness (QED) is 0.914. The highest BCUT2D eigenvalue weighted by molar-refractivity contribution is 5.75. The summed E-state index contributed by atoms with van der Waals surface area (Å²) in [5, 5.41) is 11.4. The molecule has 2 atom stereocenters. The SMILES string of the molecule is CC[C@H]1CC[C@@H](C)N1C(=O)NCc1nnc2n1CCC2. The Bertz CT molecular complexity index is 498. The zero-order valence-electron chi connectivity index (χ0n) is 12.3. The van der Waals surface area contributed by atoms with E-state index in [2.05, 4.69) is 33.9 Å². The van der Waals surface area contributed by atoms with E-state index < -0.39 is 0 Å². The number of carbonyl (C=O) groups is 1. The van der Waals surface area contributed by atoms with Crippen LogP contribution in [-0.4, -0.2) is 37.8 Å². The van der Waals surface area contributed by atoms with Gasteiger partial charge in [-0.05, 0) is 32.6 Å². The molecule has 1 saturated heterocycles. The van der Waals surface area contributed by atoms with Crippen LogP contribution in [0.1, 0.15) is 51.2 Å². The van der Waals surface area contributed by atoms with Crippen molar-refractivity contribution < 1.29 is 4.79 Å². The predicted molar refractivity (Wildman–Crippen MR) is 75.2 cm³/mol. The third-order valence-electron chi connectivity index (χ3n) is 4.58. The lowest BCUT2D eigenvalue weighted by molar-refractivity contribution is 0.174. The Morgan fingerprint density at radius 1 is 1.40 bits per heavy atom. The molecule has 3 rings (SSSR count). The summed E-state index contributed by atoms with van der Waals surface area (Å²) >= 11 is 0. The second-order valence-electron chi connectivity index (χ2n) is 5.84. The van der Waals surface area contributed by atoms with Crippen molar-refractivity contribution >= 4 is 6.03 Å². The van der Waals surface area contributed by atoms with Crippen LogP contribution >= 0.6 is 0 Å². The molecule has 0 radical (unpaired) electrons. The number of hydrogen-bond donors (Lipinski definition) is 1. The number of nitrogens with one attached hydrogen (secondary N) is 1. The Morgan fingerprint density at radius 3 is 3.05 bits per heavy atom. The first kappa shape index (κ1) is 13.4. The lowest BCUT2D eigenvalue weighted by atomic mass is 10.2. The van der Waals surface area contributed by atoms with Crippen LogP contribution in [0, 0.1) is 0 Å². The minimum atomic E-state index is 0.0391. The maximum atomic E-state index is 12.4. The highest BCUT2D eigenvalue weighted by Crippen LogP contribution is 2.25. The average molecular weight is 277 g/mol. The van der Waals surface area contributed by atoms with Crippen LogP contribution in [0.2, 0.25) is 0 Å². The Hall–Kier alpha value is -1.59. The third kappa shape index (κ3) is 2.27. The zero-order chi connectivity index (χ0) is 14.1.